The molecular formula is C43H50BrN3O7. The summed E-state index contributed by atoms with van der Waals surface area (Å²) in [6.45, 7) is 13.2. The molecule has 1 unspecified atom stereocenters. The molecule has 3 saturated heterocycles. The van der Waals surface area contributed by atoms with E-state index in [1.807, 2.05) is 86.6 Å². The van der Waals surface area contributed by atoms with Crippen LogP contribution >= 0.6 is 15.9 Å². The molecule has 3 heterocycles. The Morgan fingerprint density at radius 3 is 2.43 bits per heavy atom. The summed E-state index contributed by atoms with van der Waals surface area (Å²) in [5.41, 5.74) is -0.0786. The largest absolute Gasteiger partial charge is 0.455 e. The van der Waals surface area contributed by atoms with Crippen molar-refractivity contribution >= 4 is 56.1 Å². The van der Waals surface area contributed by atoms with Crippen LogP contribution in [0.1, 0.15) is 58.1 Å². The van der Waals surface area contributed by atoms with Crippen LogP contribution in [0.2, 0.25) is 0 Å². The van der Waals surface area contributed by atoms with Gasteiger partial charge in [0.05, 0.1) is 36.6 Å². The number of hydrogen-bond donors (Lipinski definition) is 2. The Kier molecular flexibility index (Phi) is 12.1. The lowest BCUT2D eigenvalue weighted by Gasteiger charge is -2.39. The Balaban J connectivity index is 1.39. The summed E-state index contributed by atoms with van der Waals surface area (Å²) in [6, 6.07) is 20.3. The fourth-order valence-electron chi connectivity index (χ4n) is 8.71. The number of aliphatic hydroxyl groups is 1. The third kappa shape index (κ3) is 7.38. The van der Waals surface area contributed by atoms with Crippen LogP contribution in [0.5, 0.6) is 0 Å². The average Bonchev–Trinajstić information content (AvgIpc) is 3.76. The van der Waals surface area contributed by atoms with Gasteiger partial charge in [0.1, 0.15) is 17.7 Å². The maximum absolute atomic E-state index is 15.2. The van der Waals surface area contributed by atoms with Crippen molar-refractivity contribution < 1.29 is 33.8 Å². The first-order chi connectivity index (χ1) is 25.9. The van der Waals surface area contributed by atoms with Gasteiger partial charge in [0.15, 0.2) is 0 Å². The topological polar surface area (TPSA) is 125 Å². The van der Waals surface area contributed by atoms with Crippen molar-refractivity contribution in [3.63, 3.8) is 0 Å². The van der Waals surface area contributed by atoms with Crippen LogP contribution in [-0.4, -0.2) is 81.5 Å². The lowest BCUT2D eigenvalue weighted by Crippen LogP contribution is -2.59. The molecule has 3 aromatic carbocycles. The summed E-state index contributed by atoms with van der Waals surface area (Å²) in [4.78, 5) is 60.3. The molecule has 10 nitrogen and oxygen atoms in total. The van der Waals surface area contributed by atoms with E-state index in [0.29, 0.717) is 30.5 Å². The van der Waals surface area contributed by atoms with Gasteiger partial charge in [-0.15, -0.1) is 13.2 Å². The molecule has 9 atom stereocenters. The quantitative estimate of drug-likeness (QED) is 0.0995. The number of allylic oxidation sites excluding steroid dienone is 1. The van der Waals surface area contributed by atoms with Crippen molar-refractivity contribution in [2.24, 2.45) is 17.8 Å². The minimum Gasteiger partial charge on any atom is -0.455 e. The summed E-state index contributed by atoms with van der Waals surface area (Å²) >= 11 is 3.76. The molecule has 3 amide bonds. The number of alkyl halides is 1. The number of anilines is 1. The number of halogens is 1. The number of likely N-dealkylation sites (tertiary alicyclic amines) is 1. The highest BCUT2D eigenvalue weighted by atomic mass is 79.9. The smallest absolute Gasteiger partial charge is 0.313 e. The van der Waals surface area contributed by atoms with Gasteiger partial charge in [0.25, 0.3) is 5.91 Å². The van der Waals surface area contributed by atoms with Crippen LogP contribution in [0.15, 0.2) is 98.1 Å². The van der Waals surface area contributed by atoms with Gasteiger partial charge in [-0.1, -0.05) is 103 Å². The molecule has 2 bridgehead atoms. The minimum absolute atomic E-state index is 0.0881. The number of fused-ring (bicyclic) bond motifs is 2. The molecule has 11 heteroatoms. The van der Waals surface area contributed by atoms with Crippen molar-refractivity contribution in [2.45, 2.75) is 87.2 Å². The van der Waals surface area contributed by atoms with E-state index in [1.54, 1.807) is 24.0 Å². The summed E-state index contributed by atoms with van der Waals surface area (Å²) in [5, 5.41) is 15.7. The number of esters is 1. The van der Waals surface area contributed by atoms with Crippen molar-refractivity contribution in [3.05, 3.63) is 104 Å². The third-order valence-corrected chi connectivity index (χ3v) is 11.8. The lowest BCUT2D eigenvalue weighted by atomic mass is 9.70. The molecule has 3 fully saturated rings. The number of nitrogens with zero attached hydrogens (tertiary/aromatic N) is 2. The fraction of sp³-hybridized carbons (Fsp3) is 0.442. The predicted octanol–water partition coefficient (Wildman–Crippen LogP) is 6.27. The van der Waals surface area contributed by atoms with E-state index in [2.05, 4.69) is 34.4 Å². The highest BCUT2D eigenvalue weighted by Crippen LogP contribution is 2.61. The van der Waals surface area contributed by atoms with Gasteiger partial charge in [0, 0.05) is 23.5 Å². The second-order valence-corrected chi connectivity index (χ2v) is 16.3. The summed E-state index contributed by atoms with van der Waals surface area (Å²) < 4.78 is 13.1. The summed E-state index contributed by atoms with van der Waals surface area (Å²) in [7, 11) is 0. The van der Waals surface area contributed by atoms with Crippen molar-refractivity contribution in [3.8, 4) is 0 Å². The summed E-state index contributed by atoms with van der Waals surface area (Å²) in [6.07, 6.45) is 3.14. The minimum atomic E-state index is -1.38. The first kappa shape index (κ1) is 39.4. The van der Waals surface area contributed by atoms with Crippen LogP contribution in [0.25, 0.3) is 10.8 Å². The molecule has 6 rings (SSSR count). The Bertz CT molecular complexity index is 1890. The normalized spacial score (nSPS) is 25.9. The zero-order chi connectivity index (χ0) is 38.7. The Morgan fingerprint density at radius 2 is 1.76 bits per heavy atom. The van der Waals surface area contributed by atoms with E-state index in [-0.39, 0.29) is 42.1 Å². The Morgan fingerprint density at radius 1 is 1.06 bits per heavy atom. The number of rotatable bonds is 16. The van der Waals surface area contributed by atoms with Crippen LogP contribution in [0, 0.1) is 17.8 Å². The van der Waals surface area contributed by atoms with Crippen LogP contribution < -0.4 is 10.2 Å². The maximum Gasteiger partial charge on any atom is 0.313 e. The van der Waals surface area contributed by atoms with Crippen molar-refractivity contribution in [1.29, 1.82) is 0 Å². The maximum atomic E-state index is 15.2. The number of benzene rings is 3. The van der Waals surface area contributed by atoms with E-state index in [9.17, 15) is 19.5 Å². The monoisotopic (exact) mass is 799 g/mol. The first-order valence-corrected chi connectivity index (χ1v) is 19.7. The molecule has 286 valence electrons. The van der Waals surface area contributed by atoms with Gasteiger partial charge in [-0.2, -0.15) is 0 Å². The van der Waals surface area contributed by atoms with Crippen LogP contribution in [0.4, 0.5) is 5.69 Å². The molecule has 3 aliphatic rings. The van der Waals surface area contributed by atoms with Crippen molar-refractivity contribution in [1.82, 2.24) is 10.2 Å². The molecule has 54 heavy (non-hydrogen) atoms. The zero-order valence-corrected chi connectivity index (χ0v) is 32.7. The number of ether oxygens (including phenoxy) is 2. The SMILES string of the molecule is C=CCCC(=O)N[C@H](C)[C@@H](OC(=O)[C@H]1[C@@H]2O[C@@]3(CC2Br)[C@@H]1C(=O)N([C@@H](CO)CC(C)C)[C@@H]3C(=O)N(CC=C)c1ccc2ccccc2c1)c1ccccc1. The number of amides is 3. The average molecular weight is 801 g/mol. The van der Waals surface area contributed by atoms with E-state index in [1.165, 1.54) is 4.90 Å². The number of nitrogens with one attached hydrogen (secondary N) is 1. The molecule has 0 aromatic heterocycles. The molecule has 3 aliphatic heterocycles. The molecule has 1 spiro atoms. The lowest BCUT2D eigenvalue weighted by molar-refractivity contribution is -0.162. The van der Waals surface area contributed by atoms with Gasteiger partial charge in [-0.3, -0.25) is 19.2 Å². The Labute approximate surface area is 325 Å². The molecule has 0 saturated carbocycles. The van der Waals surface area contributed by atoms with E-state index in [0.717, 1.165) is 10.8 Å². The van der Waals surface area contributed by atoms with Gasteiger partial charge in [0.2, 0.25) is 11.8 Å². The van der Waals surface area contributed by atoms with E-state index >= 15 is 4.79 Å². The highest BCUT2D eigenvalue weighted by Gasteiger charge is 2.77. The third-order valence-electron chi connectivity index (χ3n) is 11.0. The van der Waals surface area contributed by atoms with Gasteiger partial charge in [-0.05, 0) is 60.6 Å². The highest BCUT2D eigenvalue weighted by molar-refractivity contribution is 9.09. The first-order valence-electron chi connectivity index (χ1n) is 18.8. The van der Waals surface area contributed by atoms with E-state index < -0.39 is 59.6 Å². The van der Waals surface area contributed by atoms with Gasteiger partial charge >= 0.3 is 5.97 Å². The summed E-state index contributed by atoms with van der Waals surface area (Å²) in [5.74, 6) is -3.68. The Hall–Kier alpha value is -4.32. The van der Waals surface area contributed by atoms with Crippen LogP contribution in [-0.2, 0) is 28.7 Å². The van der Waals surface area contributed by atoms with Gasteiger partial charge < -0.3 is 29.7 Å². The number of carbonyl (C=O) groups excluding carboxylic acids is 4. The number of hydrogen-bond acceptors (Lipinski definition) is 7. The van der Waals surface area contributed by atoms with Gasteiger partial charge in [-0.25, -0.2) is 0 Å². The molecule has 0 aliphatic carbocycles. The molecule has 2 N–H and O–H groups in total. The second kappa shape index (κ2) is 16.6. The van der Waals surface area contributed by atoms with Crippen LogP contribution in [0.3, 0.4) is 0 Å². The number of aliphatic hydroxyl groups excluding tert-OH is 1. The number of carbonyl (C=O) groups is 4. The van der Waals surface area contributed by atoms with Crippen molar-refractivity contribution in [2.75, 3.05) is 18.1 Å². The molecule has 3 aromatic rings. The standard InChI is InChI=1S/C43H50BrN3O7/c1-6-8-18-34(49)45-27(5)37(29-15-10-9-11-16-29)53-42(52)35-36-40(50)47(32(25-48)22-26(3)4)39(43(36)24-33(44)38(35)54-43)41(51)46(21-7-2)31-20-19-28-14-12-13-17-30(28)23-31/h6-7,9-17,19-20,23,26-27,32-33,35-39,48H,1-2,8,18,21-22,24-25H2,3-5H3,(H,45,49)/t27-,32-,33?,35-,36+,37-,38-,39-,43+/m1/s1. The molecule has 0 radical (unpaired) electrons. The van der Waals surface area contributed by atoms with E-state index in [4.69, 9.17) is 9.47 Å². The molecular weight excluding hydrogens is 750 g/mol. The zero-order valence-electron chi connectivity index (χ0n) is 31.1. The fourth-order valence-corrected chi connectivity index (χ4v) is 9.66. The second-order valence-electron chi connectivity index (χ2n) is 15.1. The predicted molar refractivity (Wildman–Crippen MR) is 212 cm³/mol.